The van der Waals surface area contributed by atoms with Crippen molar-refractivity contribution in [3.05, 3.63) is 88.5 Å². The van der Waals surface area contributed by atoms with Crippen LogP contribution in [0.3, 0.4) is 0 Å². The molecule has 14 heteroatoms. The SMILES string of the molecule is Cc1nc([C@@H]2OC3COC(c4ccccc4)O[C@@H]3C(n3cc(-c4nccs4)nn3)C2O)n(-c2ccc3nc(C)sc3c2)n1. The van der Waals surface area contributed by atoms with E-state index in [0.29, 0.717) is 17.3 Å². The Balaban J connectivity index is 1.19. The van der Waals surface area contributed by atoms with Crippen LogP contribution in [0.4, 0.5) is 0 Å². The molecule has 218 valence electrons. The first kappa shape index (κ1) is 26.7. The van der Waals surface area contributed by atoms with Crippen LogP contribution in [0, 0.1) is 13.8 Å². The zero-order chi connectivity index (χ0) is 29.1. The normalized spacial score (nSPS) is 25.7. The lowest BCUT2D eigenvalue weighted by Crippen LogP contribution is -2.57. The number of thiazole rings is 2. The van der Waals surface area contributed by atoms with Crippen LogP contribution >= 0.6 is 22.7 Å². The van der Waals surface area contributed by atoms with E-state index >= 15 is 0 Å². The van der Waals surface area contributed by atoms with Crippen LogP contribution in [0.5, 0.6) is 0 Å². The molecule has 6 atom stereocenters. The lowest BCUT2D eigenvalue weighted by molar-refractivity contribution is -0.319. The minimum atomic E-state index is -1.11. The highest BCUT2D eigenvalue weighted by atomic mass is 32.1. The largest absolute Gasteiger partial charge is 0.388 e. The molecule has 0 saturated carbocycles. The minimum Gasteiger partial charge on any atom is -0.388 e. The summed E-state index contributed by atoms with van der Waals surface area (Å²) < 4.78 is 23.6. The minimum absolute atomic E-state index is 0.247. The molecule has 2 fully saturated rings. The van der Waals surface area contributed by atoms with Gasteiger partial charge in [0.2, 0.25) is 0 Å². The summed E-state index contributed by atoms with van der Waals surface area (Å²) >= 11 is 3.08. The maximum atomic E-state index is 12.1. The number of ether oxygens (including phenoxy) is 3. The van der Waals surface area contributed by atoms with Gasteiger partial charge in [0, 0.05) is 17.1 Å². The molecule has 2 aromatic carbocycles. The lowest BCUT2D eigenvalue weighted by Gasteiger charge is -2.47. The Morgan fingerprint density at radius 2 is 1.93 bits per heavy atom. The monoisotopic (exact) mass is 614 g/mol. The maximum Gasteiger partial charge on any atom is 0.184 e. The zero-order valence-electron chi connectivity index (χ0n) is 23.1. The van der Waals surface area contributed by atoms with Gasteiger partial charge in [0.05, 0.1) is 33.7 Å². The van der Waals surface area contributed by atoms with Crippen molar-refractivity contribution in [3.63, 3.8) is 0 Å². The molecule has 0 spiro atoms. The molecule has 12 nitrogen and oxygen atoms in total. The molecule has 43 heavy (non-hydrogen) atoms. The second-order valence-electron chi connectivity index (χ2n) is 10.5. The molecule has 6 aromatic rings. The van der Waals surface area contributed by atoms with Crippen LogP contribution in [-0.2, 0) is 14.2 Å². The lowest BCUT2D eigenvalue weighted by atomic mass is 9.91. The van der Waals surface area contributed by atoms with Crippen LogP contribution < -0.4 is 0 Å². The molecule has 2 aliphatic rings. The summed E-state index contributed by atoms with van der Waals surface area (Å²) in [5.74, 6) is 1.02. The smallest absolute Gasteiger partial charge is 0.184 e. The molecule has 0 radical (unpaired) electrons. The van der Waals surface area contributed by atoms with Gasteiger partial charge < -0.3 is 19.3 Å². The molecular formula is C29H26N8O4S2. The zero-order valence-corrected chi connectivity index (χ0v) is 24.7. The fourth-order valence-corrected chi connectivity index (χ4v) is 7.19. The molecule has 8 rings (SSSR count). The van der Waals surface area contributed by atoms with Crippen LogP contribution in [0.25, 0.3) is 26.6 Å². The summed E-state index contributed by atoms with van der Waals surface area (Å²) in [6, 6.07) is 15.0. The van der Waals surface area contributed by atoms with Crippen LogP contribution in [0.15, 0.2) is 66.3 Å². The highest BCUT2D eigenvalue weighted by Gasteiger charge is 2.52. The number of hydrogen-bond acceptors (Lipinski definition) is 12. The van der Waals surface area contributed by atoms with E-state index in [1.807, 2.05) is 67.8 Å². The van der Waals surface area contributed by atoms with Crippen molar-refractivity contribution in [3.8, 4) is 16.4 Å². The van der Waals surface area contributed by atoms with E-state index in [9.17, 15) is 5.11 Å². The molecular weight excluding hydrogens is 589 g/mol. The highest BCUT2D eigenvalue weighted by molar-refractivity contribution is 7.18. The number of aliphatic hydroxyl groups is 1. The van der Waals surface area contributed by atoms with E-state index in [1.54, 1.807) is 33.1 Å². The Bertz CT molecular complexity index is 1890. The summed E-state index contributed by atoms with van der Waals surface area (Å²) in [7, 11) is 0. The average molecular weight is 615 g/mol. The number of aliphatic hydroxyl groups excluding tert-OH is 1. The average Bonchev–Trinajstić information content (AvgIpc) is 3.83. The van der Waals surface area contributed by atoms with Crippen molar-refractivity contribution in [1.82, 2.24) is 39.7 Å². The van der Waals surface area contributed by atoms with Crippen molar-refractivity contribution in [1.29, 1.82) is 0 Å². The van der Waals surface area contributed by atoms with Crippen LogP contribution in [-0.4, -0.2) is 69.8 Å². The van der Waals surface area contributed by atoms with Gasteiger partial charge in [-0.3, -0.25) is 0 Å². The first-order valence-electron chi connectivity index (χ1n) is 13.8. The van der Waals surface area contributed by atoms with Crippen molar-refractivity contribution in [2.45, 2.75) is 50.6 Å². The molecule has 4 unspecified atom stereocenters. The van der Waals surface area contributed by atoms with E-state index in [0.717, 1.165) is 31.5 Å². The Morgan fingerprint density at radius 3 is 2.77 bits per heavy atom. The Morgan fingerprint density at radius 1 is 1.05 bits per heavy atom. The number of benzene rings is 2. The summed E-state index contributed by atoms with van der Waals surface area (Å²) in [6.07, 6.45) is -0.204. The highest BCUT2D eigenvalue weighted by Crippen LogP contribution is 2.44. The maximum absolute atomic E-state index is 12.1. The predicted molar refractivity (Wildman–Crippen MR) is 158 cm³/mol. The van der Waals surface area contributed by atoms with Gasteiger partial charge >= 0.3 is 0 Å². The molecule has 0 amide bonds. The van der Waals surface area contributed by atoms with Gasteiger partial charge in [-0.25, -0.2) is 24.3 Å². The number of aromatic nitrogens is 8. The summed E-state index contributed by atoms with van der Waals surface area (Å²) in [6.45, 7) is 4.05. The first-order valence-corrected chi connectivity index (χ1v) is 15.5. The van der Waals surface area contributed by atoms with Gasteiger partial charge in [-0.05, 0) is 32.0 Å². The van der Waals surface area contributed by atoms with Crippen LogP contribution in [0.2, 0.25) is 0 Å². The molecule has 2 saturated heterocycles. The molecule has 0 aliphatic carbocycles. The quantitative estimate of drug-likeness (QED) is 0.298. The number of aryl methyl sites for hydroxylation is 2. The second kappa shape index (κ2) is 10.7. The summed E-state index contributed by atoms with van der Waals surface area (Å²) in [5, 5.41) is 29.2. The fraction of sp³-hybridized carbons (Fsp3) is 0.310. The van der Waals surface area contributed by atoms with Gasteiger partial charge in [0.15, 0.2) is 12.1 Å². The van der Waals surface area contributed by atoms with Gasteiger partial charge in [-0.2, -0.15) is 5.10 Å². The molecule has 6 heterocycles. The van der Waals surface area contributed by atoms with Crippen molar-refractivity contribution in [2.75, 3.05) is 6.61 Å². The summed E-state index contributed by atoms with van der Waals surface area (Å²) in [5.41, 5.74) is 3.21. The molecule has 0 bridgehead atoms. The summed E-state index contributed by atoms with van der Waals surface area (Å²) in [4.78, 5) is 13.7. The predicted octanol–water partition coefficient (Wildman–Crippen LogP) is 4.37. The molecule has 4 aromatic heterocycles. The third kappa shape index (κ3) is 4.76. The van der Waals surface area contributed by atoms with Gasteiger partial charge in [-0.15, -0.1) is 27.8 Å². The van der Waals surface area contributed by atoms with Crippen molar-refractivity contribution < 1.29 is 19.3 Å². The number of rotatable bonds is 5. The molecule has 2 aliphatic heterocycles. The third-order valence-corrected chi connectivity index (χ3v) is 9.36. The van der Waals surface area contributed by atoms with E-state index in [2.05, 4.69) is 20.3 Å². The van der Waals surface area contributed by atoms with Crippen molar-refractivity contribution in [2.24, 2.45) is 0 Å². The number of nitrogens with zero attached hydrogens (tertiary/aromatic N) is 8. The Kier molecular flexibility index (Phi) is 6.62. The Labute approximate surface area is 253 Å². The topological polar surface area (TPSA) is 135 Å². The van der Waals surface area contributed by atoms with E-state index in [-0.39, 0.29) is 6.61 Å². The van der Waals surface area contributed by atoms with Gasteiger partial charge in [0.25, 0.3) is 0 Å². The third-order valence-electron chi connectivity index (χ3n) is 7.63. The second-order valence-corrected chi connectivity index (χ2v) is 12.6. The first-order chi connectivity index (χ1) is 21.0. The van der Waals surface area contributed by atoms with E-state index < -0.39 is 36.7 Å². The van der Waals surface area contributed by atoms with Gasteiger partial charge in [0.1, 0.15) is 47.0 Å². The standard InChI is InChI=1S/C29H26N8O4S2/c1-15-31-27(37(34-15)18-8-9-19-22(12-18)43-16(2)32-19)26-24(38)23(36-13-20(33-35-36)28-30-10-11-42-28)25-21(40-26)14-39-29(41-25)17-6-4-3-5-7-17/h3-13,21,23-26,29,38H,14H2,1-2H3/t21?,23?,24?,25-,26+,29?/m0/s1. The molecule has 1 N–H and O–H groups in total. The van der Waals surface area contributed by atoms with Gasteiger partial charge in [-0.1, -0.05) is 35.5 Å². The van der Waals surface area contributed by atoms with E-state index in [1.165, 1.54) is 11.3 Å². The number of fused-ring (bicyclic) bond motifs is 2. The van der Waals surface area contributed by atoms with E-state index in [4.69, 9.17) is 24.3 Å². The van der Waals surface area contributed by atoms with Crippen LogP contribution in [0.1, 0.15) is 40.7 Å². The Hall–Kier alpha value is -3.92. The number of hydrogen-bond donors (Lipinski definition) is 1. The fourth-order valence-electron chi connectivity index (χ4n) is 5.75. The van der Waals surface area contributed by atoms with Crippen molar-refractivity contribution >= 4 is 32.9 Å².